The van der Waals surface area contributed by atoms with Crippen LogP contribution in [0.1, 0.15) is 37.8 Å². The Hall–Kier alpha value is -1.19. The van der Waals surface area contributed by atoms with Crippen molar-refractivity contribution in [3.63, 3.8) is 0 Å². The van der Waals surface area contributed by atoms with Gasteiger partial charge in [-0.1, -0.05) is 13.0 Å². The minimum absolute atomic E-state index is 0.188. The number of halogens is 3. The van der Waals surface area contributed by atoms with Crippen molar-refractivity contribution >= 4 is 5.69 Å². The van der Waals surface area contributed by atoms with Gasteiger partial charge in [0.05, 0.1) is 5.56 Å². The topological polar surface area (TPSA) is 12.0 Å². The number of fused-ring (bicyclic) bond motifs is 1. The largest absolute Gasteiger partial charge is 0.416 e. The van der Waals surface area contributed by atoms with Crippen LogP contribution in [-0.4, -0.2) is 5.54 Å². The van der Waals surface area contributed by atoms with Crippen LogP contribution in [0.2, 0.25) is 0 Å². The van der Waals surface area contributed by atoms with Crippen LogP contribution in [0.4, 0.5) is 18.9 Å². The van der Waals surface area contributed by atoms with Crippen LogP contribution in [0.5, 0.6) is 0 Å². The first-order valence-electron chi connectivity index (χ1n) is 5.21. The van der Waals surface area contributed by atoms with Crippen molar-refractivity contribution in [2.45, 2.75) is 38.4 Å². The summed E-state index contributed by atoms with van der Waals surface area (Å²) >= 11 is 0. The van der Waals surface area contributed by atoms with Crippen LogP contribution < -0.4 is 5.32 Å². The summed E-state index contributed by atoms with van der Waals surface area (Å²) < 4.78 is 37.6. The molecular formula is C12H14F3N. The molecule has 0 amide bonds. The molecule has 16 heavy (non-hydrogen) atoms. The highest BCUT2D eigenvalue weighted by atomic mass is 19.4. The third-order valence-corrected chi connectivity index (χ3v) is 3.39. The van der Waals surface area contributed by atoms with Crippen LogP contribution >= 0.6 is 0 Å². The van der Waals surface area contributed by atoms with Crippen molar-refractivity contribution in [3.8, 4) is 0 Å². The first-order valence-corrected chi connectivity index (χ1v) is 5.21. The van der Waals surface area contributed by atoms with E-state index in [9.17, 15) is 13.2 Å². The van der Waals surface area contributed by atoms with Crippen LogP contribution in [0, 0.1) is 0 Å². The molecule has 0 aliphatic carbocycles. The first-order chi connectivity index (χ1) is 7.22. The summed E-state index contributed by atoms with van der Waals surface area (Å²) in [4.78, 5) is 0. The van der Waals surface area contributed by atoms with Crippen molar-refractivity contribution < 1.29 is 13.2 Å². The van der Waals surface area contributed by atoms with Gasteiger partial charge in [-0.05, 0) is 31.5 Å². The summed E-state index contributed by atoms with van der Waals surface area (Å²) in [5, 5.41) is 3.14. The Balaban J connectivity index is 2.45. The van der Waals surface area contributed by atoms with Crippen molar-refractivity contribution in [1.29, 1.82) is 0 Å². The molecule has 1 aliphatic heterocycles. The zero-order chi connectivity index (χ0) is 12.1. The van der Waals surface area contributed by atoms with E-state index >= 15 is 0 Å². The van der Waals surface area contributed by atoms with Crippen molar-refractivity contribution in [3.05, 3.63) is 29.3 Å². The maximum Gasteiger partial charge on any atom is 0.416 e. The summed E-state index contributed by atoms with van der Waals surface area (Å²) in [5.74, 6) is 0.213. The van der Waals surface area contributed by atoms with E-state index in [1.165, 1.54) is 6.07 Å². The lowest BCUT2D eigenvalue weighted by Gasteiger charge is -2.24. The highest BCUT2D eigenvalue weighted by Gasteiger charge is 2.38. The van der Waals surface area contributed by atoms with Gasteiger partial charge in [-0.15, -0.1) is 0 Å². The van der Waals surface area contributed by atoms with Crippen LogP contribution in [0.15, 0.2) is 18.2 Å². The number of anilines is 1. The second-order valence-electron chi connectivity index (χ2n) is 4.87. The summed E-state index contributed by atoms with van der Waals surface area (Å²) in [6.45, 7) is 6.00. The van der Waals surface area contributed by atoms with Gasteiger partial charge in [-0.25, -0.2) is 0 Å². The average Bonchev–Trinajstić information content (AvgIpc) is 2.36. The van der Waals surface area contributed by atoms with Gasteiger partial charge in [0.15, 0.2) is 0 Å². The highest BCUT2D eigenvalue weighted by molar-refractivity contribution is 5.62. The maximum absolute atomic E-state index is 12.5. The van der Waals surface area contributed by atoms with Crippen LogP contribution in [0.25, 0.3) is 0 Å². The smallest absolute Gasteiger partial charge is 0.379 e. The third-order valence-electron chi connectivity index (χ3n) is 3.39. The molecule has 0 bridgehead atoms. The van der Waals surface area contributed by atoms with E-state index in [1.807, 2.05) is 20.8 Å². The molecule has 88 valence electrons. The van der Waals surface area contributed by atoms with Gasteiger partial charge < -0.3 is 5.32 Å². The predicted molar refractivity (Wildman–Crippen MR) is 57.6 cm³/mol. The molecule has 0 spiro atoms. The quantitative estimate of drug-likeness (QED) is 0.708. The third kappa shape index (κ3) is 1.66. The average molecular weight is 229 g/mol. The Labute approximate surface area is 92.7 Å². The minimum atomic E-state index is -4.27. The second kappa shape index (κ2) is 3.15. The zero-order valence-electron chi connectivity index (χ0n) is 9.44. The number of rotatable bonds is 0. The number of nitrogens with one attached hydrogen (secondary N) is 1. The van der Waals surface area contributed by atoms with Gasteiger partial charge in [0.2, 0.25) is 0 Å². The Kier molecular flexibility index (Phi) is 2.23. The fraction of sp³-hybridized carbons (Fsp3) is 0.500. The Morgan fingerprint density at radius 2 is 1.88 bits per heavy atom. The molecule has 1 unspecified atom stereocenters. The summed E-state index contributed by atoms with van der Waals surface area (Å²) in [6.07, 6.45) is -4.27. The molecule has 1 N–H and O–H groups in total. The standard InChI is InChI=1S/C12H14F3N/c1-7-9-5-4-8(12(13,14)15)6-10(9)16-11(7,2)3/h4-7,16H,1-3H3. The van der Waals surface area contributed by atoms with E-state index in [0.717, 1.165) is 11.6 Å². The van der Waals surface area contributed by atoms with Gasteiger partial charge in [0.25, 0.3) is 0 Å². The Bertz CT molecular complexity index is 421. The molecule has 0 saturated carbocycles. The molecule has 4 heteroatoms. The van der Waals surface area contributed by atoms with E-state index in [-0.39, 0.29) is 11.5 Å². The number of hydrogen-bond acceptors (Lipinski definition) is 1. The minimum Gasteiger partial charge on any atom is -0.379 e. The van der Waals surface area contributed by atoms with Gasteiger partial charge >= 0.3 is 6.18 Å². The molecule has 0 fully saturated rings. The molecule has 2 rings (SSSR count). The van der Waals surface area contributed by atoms with Crippen LogP contribution in [-0.2, 0) is 6.18 Å². The first kappa shape index (κ1) is 11.3. The Morgan fingerprint density at radius 1 is 1.25 bits per heavy atom. The molecule has 1 aliphatic rings. The van der Waals surface area contributed by atoms with E-state index in [0.29, 0.717) is 5.69 Å². The fourth-order valence-corrected chi connectivity index (χ4v) is 2.06. The molecular weight excluding hydrogens is 215 g/mol. The van der Waals surface area contributed by atoms with Crippen molar-refractivity contribution in [1.82, 2.24) is 0 Å². The van der Waals surface area contributed by atoms with Crippen molar-refractivity contribution in [2.24, 2.45) is 0 Å². The maximum atomic E-state index is 12.5. The summed E-state index contributed by atoms with van der Waals surface area (Å²) in [5.41, 5.74) is 0.779. The molecule has 1 aromatic carbocycles. The predicted octanol–water partition coefficient (Wildman–Crippen LogP) is 4.01. The highest BCUT2D eigenvalue weighted by Crippen LogP contribution is 2.44. The summed E-state index contributed by atoms with van der Waals surface area (Å²) in [7, 11) is 0. The molecule has 1 atom stereocenters. The van der Waals surface area contributed by atoms with E-state index in [1.54, 1.807) is 6.07 Å². The number of hydrogen-bond donors (Lipinski definition) is 1. The lowest BCUT2D eigenvalue weighted by molar-refractivity contribution is -0.137. The lowest BCUT2D eigenvalue weighted by atomic mass is 9.87. The van der Waals surface area contributed by atoms with E-state index in [4.69, 9.17) is 0 Å². The van der Waals surface area contributed by atoms with Gasteiger partial charge in [0.1, 0.15) is 0 Å². The molecule has 0 saturated heterocycles. The number of alkyl halides is 3. The normalized spacial score (nSPS) is 22.8. The molecule has 1 heterocycles. The van der Waals surface area contributed by atoms with Crippen LogP contribution in [0.3, 0.4) is 0 Å². The number of benzene rings is 1. The zero-order valence-corrected chi connectivity index (χ0v) is 9.44. The fourth-order valence-electron chi connectivity index (χ4n) is 2.06. The SMILES string of the molecule is CC1c2ccc(C(F)(F)F)cc2NC1(C)C. The molecule has 0 aromatic heterocycles. The second-order valence-corrected chi connectivity index (χ2v) is 4.87. The van der Waals surface area contributed by atoms with Gasteiger partial charge in [0, 0.05) is 17.1 Å². The van der Waals surface area contributed by atoms with Crippen molar-refractivity contribution in [2.75, 3.05) is 5.32 Å². The Morgan fingerprint density at radius 3 is 2.44 bits per heavy atom. The monoisotopic (exact) mass is 229 g/mol. The summed E-state index contributed by atoms with van der Waals surface area (Å²) in [6, 6.07) is 3.92. The van der Waals surface area contributed by atoms with Gasteiger partial charge in [-0.3, -0.25) is 0 Å². The van der Waals surface area contributed by atoms with E-state index < -0.39 is 11.7 Å². The molecule has 1 nitrogen and oxygen atoms in total. The molecule has 0 radical (unpaired) electrons. The molecule has 1 aromatic rings. The lowest BCUT2D eigenvalue weighted by Crippen LogP contribution is -2.30. The van der Waals surface area contributed by atoms with Gasteiger partial charge in [-0.2, -0.15) is 13.2 Å². The van der Waals surface area contributed by atoms with E-state index in [2.05, 4.69) is 5.32 Å².